The summed E-state index contributed by atoms with van der Waals surface area (Å²) in [5.41, 5.74) is 2.48. The highest BCUT2D eigenvalue weighted by Crippen LogP contribution is 2.10. The summed E-state index contributed by atoms with van der Waals surface area (Å²) in [6.45, 7) is 3.66. The first-order valence-electron chi connectivity index (χ1n) is 4.08. The summed E-state index contributed by atoms with van der Waals surface area (Å²) in [7, 11) is 0. The van der Waals surface area contributed by atoms with Crippen LogP contribution < -0.4 is 5.48 Å². The van der Waals surface area contributed by atoms with Crippen molar-refractivity contribution in [3.05, 3.63) is 0 Å². The predicted octanol–water partition coefficient (Wildman–Crippen LogP) is 0.217. The lowest BCUT2D eigenvalue weighted by Crippen LogP contribution is -2.39. The van der Waals surface area contributed by atoms with E-state index in [2.05, 4.69) is 5.48 Å². The highest BCUT2D eigenvalue weighted by atomic mass is 16.7. The van der Waals surface area contributed by atoms with Gasteiger partial charge in [0.2, 0.25) is 0 Å². The predicted molar refractivity (Wildman–Crippen MR) is 42.4 cm³/mol. The normalized spacial score (nSPS) is 19.6. The van der Waals surface area contributed by atoms with Gasteiger partial charge in [-0.1, -0.05) is 0 Å². The molecular weight excluding hydrogens is 158 g/mol. The maximum Gasteiger partial charge on any atom is 0.160 e. The van der Waals surface area contributed by atoms with E-state index in [0.717, 1.165) is 0 Å². The topological polar surface area (TPSA) is 55.4 Å². The Balaban J connectivity index is 2.40. The van der Waals surface area contributed by atoms with Gasteiger partial charge in [-0.3, -0.25) is 14.4 Å². The molecule has 0 saturated heterocycles. The molecular formula is C8H13NO3. The molecule has 4 nitrogen and oxygen atoms in total. The molecule has 1 N–H and O–H groups in total. The summed E-state index contributed by atoms with van der Waals surface area (Å²) in [6.07, 6.45) is 0.668. The van der Waals surface area contributed by atoms with Gasteiger partial charge < -0.3 is 0 Å². The monoisotopic (exact) mass is 171 g/mol. The van der Waals surface area contributed by atoms with Crippen LogP contribution in [0.15, 0.2) is 0 Å². The second-order valence-electron chi connectivity index (χ2n) is 3.15. The average Bonchev–Trinajstić information content (AvgIpc) is 2.28. The zero-order valence-corrected chi connectivity index (χ0v) is 7.29. The summed E-state index contributed by atoms with van der Waals surface area (Å²) >= 11 is 0. The number of carbonyl (C=O) groups is 2. The Morgan fingerprint density at radius 1 is 1.33 bits per heavy atom. The van der Waals surface area contributed by atoms with Crippen LogP contribution in [0.3, 0.4) is 0 Å². The van der Waals surface area contributed by atoms with Gasteiger partial charge in [-0.2, -0.15) is 5.48 Å². The van der Waals surface area contributed by atoms with Crippen molar-refractivity contribution < 1.29 is 14.4 Å². The van der Waals surface area contributed by atoms with E-state index in [4.69, 9.17) is 4.84 Å². The van der Waals surface area contributed by atoms with Gasteiger partial charge in [-0.15, -0.1) is 0 Å². The highest BCUT2D eigenvalue weighted by molar-refractivity contribution is 6.12. The van der Waals surface area contributed by atoms with E-state index in [1.165, 1.54) is 0 Å². The Kier molecular flexibility index (Phi) is 2.94. The largest absolute Gasteiger partial charge is 0.298 e. The molecule has 0 bridgehead atoms. The lowest BCUT2D eigenvalue weighted by Gasteiger charge is -2.11. The molecule has 0 aromatic heterocycles. The van der Waals surface area contributed by atoms with Gasteiger partial charge >= 0.3 is 0 Å². The van der Waals surface area contributed by atoms with Crippen LogP contribution in [0.1, 0.15) is 26.7 Å². The van der Waals surface area contributed by atoms with E-state index >= 15 is 0 Å². The Hall–Kier alpha value is -0.740. The first-order chi connectivity index (χ1) is 5.61. The molecule has 0 aromatic rings. The van der Waals surface area contributed by atoms with Gasteiger partial charge in [0.15, 0.2) is 11.6 Å². The Labute approximate surface area is 71.2 Å². The van der Waals surface area contributed by atoms with E-state index in [0.29, 0.717) is 12.8 Å². The number of hydrogen-bond donors (Lipinski definition) is 1. The van der Waals surface area contributed by atoms with Crippen molar-refractivity contribution in [1.29, 1.82) is 0 Å². The number of carbonyl (C=O) groups excluding carboxylic acids is 2. The lowest BCUT2D eigenvalue weighted by atomic mass is 10.2. The first kappa shape index (κ1) is 9.35. The molecule has 12 heavy (non-hydrogen) atoms. The summed E-state index contributed by atoms with van der Waals surface area (Å²) in [4.78, 5) is 27.0. The van der Waals surface area contributed by atoms with Gasteiger partial charge in [-0.05, 0) is 13.8 Å². The molecule has 0 amide bonds. The summed E-state index contributed by atoms with van der Waals surface area (Å²) in [5, 5.41) is 0. The number of Topliss-reactive ketones (excluding diaryl/α,β-unsaturated/α-hetero) is 2. The fraction of sp³-hybridized carbons (Fsp3) is 0.750. The molecule has 1 aliphatic carbocycles. The van der Waals surface area contributed by atoms with Crippen LogP contribution >= 0.6 is 0 Å². The van der Waals surface area contributed by atoms with Crippen molar-refractivity contribution in [1.82, 2.24) is 5.48 Å². The van der Waals surface area contributed by atoms with E-state index in [9.17, 15) is 9.59 Å². The van der Waals surface area contributed by atoms with Crippen LogP contribution in [-0.2, 0) is 14.4 Å². The van der Waals surface area contributed by atoms with Crippen molar-refractivity contribution in [3.8, 4) is 0 Å². The number of hydroxylamine groups is 1. The summed E-state index contributed by atoms with van der Waals surface area (Å²) < 4.78 is 0. The molecule has 1 rings (SSSR count). The highest BCUT2D eigenvalue weighted by Gasteiger charge is 2.32. The third-order valence-corrected chi connectivity index (χ3v) is 1.68. The van der Waals surface area contributed by atoms with Crippen molar-refractivity contribution in [2.24, 2.45) is 0 Å². The Morgan fingerprint density at radius 3 is 2.25 bits per heavy atom. The second kappa shape index (κ2) is 3.78. The third kappa shape index (κ3) is 2.12. The fourth-order valence-electron chi connectivity index (χ4n) is 1.05. The molecule has 68 valence electrons. The van der Waals surface area contributed by atoms with Crippen molar-refractivity contribution in [2.45, 2.75) is 38.8 Å². The van der Waals surface area contributed by atoms with Crippen LogP contribution in [0.25, 0.3) is 0 Å². The standard InChI is InChI=1S/C8H13NO3/c1-5(2)12-9-8-6(10)3-4-7(8)11/h5,8-9H,3-4H2,1-2H3. The molecule has 1 aliphatic rings. The Bertz CT molecular complexity index is 184. The van der Waals surface area contributed by atoms with Crippen molar-refractivity contribution in [3.63, 3.8) is 0 Å². The summed E-state index contributed by atoms with van der Waals surface area (Å²) in [5.74, 6) is -0.138. The average molecular weight is 171 g/mol. The molecule has 0 aliphatic heterocycles. The zero-order chi connectivity index (χ0) is 9.14. The quantitative estimate of drug-likeness (QED) is 0.487. The minimum Gasteiger partial charge on any atom is -0.298 e. The Morgan fingerprint density at radius 2 is 1.83 bits per heavy atom. The molecule has 0 unspecified atom stereocenters. The number of ketones is 2. The van der Waals surface area contributed by atoms with E-state index in [1.54, 1.807) is 0 Å². The lowest BCUT2D eigenvalue weighted by molar-refractivity contribution is -0.131. The van der Waals surface area contributed by atoms with Crippen molar-refractivity contribution in [2.75, 3.05) is 0 Å². The van der Waals surface area contributed by atoms with Crippen LogP contribution in [0.4, 0.5) is 0 Å². The first-order valence-corrected chi connectivity index (χ1v) is 4.08. The smallest absolute Gasteiger partial charge is 0.160 e. The molecule has 1 fully saturated rings. The number of hydrogen-bond acceptors (Lipinski definition) is 4. The van der Waals surface area contributed by atoms with E-state index < -0.39 is 6.04 Å². The fourth-order valence-corrected chi connectivity index (χ4v) is 1.05. The maximum atomic E-state index is 11.0. The molecule has 0 atom stereocenters. The van der Waals surface area contributed by atoms with Gasteiger partial charge in [-0.25, -0.2) is 0 Å². The minimum atomic E-state index is -0.715. The van der Waals surface area contributed by atoms with Gasteiger partial charge in [0, 0.05) is 12.8 Å². The maximum absolute atomic E-state index is 11.0. The van der Waals surface area contributed by atoms with E-state index in [-0.39, 0.29) is 17.7 Å². The summed E-state index contributed by atoms with van der Waals surface area (Å²) in [6, 6.07) is -0.715. The van der Waals surface area contributed by atoms with Crippen molar-refractivity contribution >= 4 is 11.6 Å². The molecule has 0 heterocycles. The zero-order valence-electron chi connectivity index (χ0n) is 7.29. The van der Waals surface area contributed by atoms with Crippen LogP contribution in [-0.4, -0.2) is 23.7 Å². The minimum absolute atomic E-state index is 0.0220. The number of nitrogens with one attached hydrogen (secondary N) is 1. The molecule has 1 saturated carbocycles. The second-order valence-corrected chi connectivity index (χ2v) is 3.15. The third-order valence-electron chi connectivity index (χ3n) is 1.68. The molecule has 0 spiro atoms. The van der Waals surface area contributed by atoms with Crippen LogP contribution in [0.5, 0.6) is 0 Å². The van der Waals surface area contributed by atoms with Gasteiger partial charge in [0.05, 0.1) is 6.10 Å². The molecule has 4 heteroatoms. The number of rotatable bonds is 3. The van der Waals surface area contributed by atoms with Gasteiger partial charge in [0.25, 0.3) is 0 Å². The van der Waals surface area contributed by atoms with Crippen LogP contribution in [0.2, 0.25) is 0 Å². The molecule has 0 radical (unpaired) electrons. The van der Waals surface area contributed by atoms with Gasteiger partial charge in [0.1, 0.15) is 6.04 Å². The van der Waals surface area contributed by atoms with E-state index in [1.807, 2.05) is 13.8 Å². The molecule has 0 aromatic carbocycles. The SMILES string of the molecule is CC(C)ONC1C(=O)CCC1=O. The van der Waals surface area contributed by atoms with Crippen LogP contribution in [0, 0.1) is 0 Å².